The zero-order chi connectivity index (χ0) is 24.6. The predicted octanol–water partition coefficient (Wildman–Crippen LogP) is 2.85. The van der Waals surface area contributed by atoms with E-state index in [1.807, 2.05) is 6.92 Å². The molecular formula is C27H36O7Y3. The monoisotopic (exact) mass is 739 g/mol. The smallest absolute Gasteiger partial charge is 0.307 e. The molecule has 37 heavy (non-hydrogen) atoms. The molecule has 3 unspecified atom stereocenters. The molecule has 10 heteroatoms. The molecule has 5 aliphatic rings. The van der Waals surface area contributed by atoms with Crippen molar-refractivity contribution in [2.75, 3.05) is 6.61 Å². The third-order valence-electron chi connectivity index (χ3n) is 10.8. The zero-order valence-electron chi connectivity index (χ0n) is 21.9. The van der Waals surface area contributed by atoms with Crippen molar-refractivity contribution < 1.29 is 132 Å². The summed E-state index contributed by atoms with van der Waals surface area (Å²) in [7, 11) is 0. The first-order chi connectivity index (χ1) is 16.2. The summed E-state index contributed by atoms with van der Waals surface area (Å²) in [5.41, 5.74) is -1.42. The van der Waals surface area contributed by atoms with Gasteiger partial charge in [0.15, 0.2) is 5.78 Å². The summed E-state index contributed by atoms with van der Waals surface area (Å²) in [6.07, 6.45) is 5.08. The van der Waals surface area contributed by atoms with Crippen LogP contribution in [0.25, 0.3) is 0 Å². The van der Waals surface area contributed by atoms with Crippen molar-refractivity contribution in [3.05, 3.63) is 0 Å². The fourth-order valence-corrected chi connectivity index (χ4v) is 9.82. The van der Waals surface area contributed by atoms with E-state index in [0.717, 1.165) is 0 Å². The number of rotatable bonds is 8. The van der Waals surface area contributed by atoms with E-state index < -0.39 is 47.1 Å². The maximum Gasteiger partial charge on any atom is 0.307 e. The van der Waals surface area contributed by atoms with E-state index in [0.29, 0.717) is 57.8 Å². The van der Waals surface area contributed by atoms with Gasteiger partial charge in [0, 0.05) is 140 Å². The largest absolute Gasteiger partial charge is 0.481 e. The number of fused-ring (bicyclic) bond motifs is 6. The van der Waals surface area contributed by atoms with E-state index in [-0.39, 0.29) is 145 Å². The minimum Gasteiger partial charge on any atom is -0.481 e. The van der Waals surface area contributed by atoms with Gasteiger partial charge in [-0.05, 0) is 68.6 Å². The Kier molecular flexibility index (Phi) is 11.9. The van der Waals surface area contributed by atoms with Crippen LogP contribution in [-0.4, -0.2) is 45.9 Å². The Bertz CT molecular complexity index is 970. The number of aliphatic hydroxyl groups excluding tert-OH is 1. The van der Waals surface area contributed by atoms with Crippen LogP contribution in [-0.2, 0) is 122 Å². The van der Waals surface area contributed by atoms with Gasteiger partial charge in [-0.2, -0.15) is 0 Å². The number of hydrogen-bond acceptors (Lipinski definition) is 6. The Hall–Kier alpha value is 1.42. The second-order valence-electron chi connectivity index (χ2n) is 11.9. The number of carboxylic acid groups (broad SMARTS) is 1. The molecule has 10 atom stereocenters. The molecule has 0 heterocycles. The van der Waals surface area contributed by atoms with Gasteiger partial charge in [-0.3, -0.25) is 24.0 Å². The van der Waals surface area contributed by atoms with Crippen molar-refractivity contribution in [3.63, 3.8) is 0 Å². The van der Waals surface area contributed by atoms with E-state index in [2.05, 4.69) is 0 Å². The van der Waals surface area contributed by atoms with Crippen LogP contribution >= 0.6 is 0 Å². The Morgan fingerprint density at radius 3 is 1.70 bits per heavy atom. The van der Waals surface area contributed by atoms with Gasteiger partial charge in [-0.1, -0.05) is 13.8 Å². The summed E-state index contributed by atoms with van der Waals surface area (Å²) in [4.78, 5) is 65.1. The molecule has 3 radical (unpaired) electrons. The van der Waals surface area contributed by atoms with Crippen LogP contribution in [0, 0.1) is 58.2 Å². The average molecular weight is 739 g/mol. The molecule has 2 N–H and O–H groups in total. The zero-order valence-corrected chi connectivity index (χ0v) is 30.4. The predicted molar refractivity (Wildman–Crippen MR) is 120 cm³/mol. The molecule has 0 aromatic heterocycles. The Balaban J connectivity index is 0.00000160. The van der Waals surface area contributed by atoms with Gasteiger partial charge in [0.25, 0.3) is 0 Å². The first kappa shape index (κ1) is 34.6. The molecule has 5 saturated carbocycles. The third-order valence-corrected chi connectivity index (χ3v) is 10.8. The number of hydrogen-bond donors (Lipinski definition) is 2. The molecule has 2 spiro atoms. The van der Waals surface area contributed by atoms with E-state index in [9.17, 15) is 34.2 Å². The van der Waals surface area contributed by atoms with Gasteiger partial charge in [0.1, 0.15) is 24.0 Å². The molecular weight excluding hydrogens is 703 g/mol. The number of aliphatic hydroxyl groups is 1. The van der Waals surface area contributed by atoms with Crippen molar-refractivity contribution in [1.29, 1.82) is 0 Å². The Morgan fingerprint density at radius 2 is 1.27 bits per heavy atom. The minimum absolute atomic E-state index is 0. The van der Waals surface area contributed by atoms with E-state index in [1.54, 1.807) is 6.92 Å². The van der Waals surface area contributed by atoms with Crippen molar-refractivity contribution >= 4 is 29.1 Å². The number of Topliss-reactive ketones (excluding diaryl/α,β-unsaturated/α-hetero) is 4. The van der Waals surface area contributed by atoms with Gasteiger partial charge in [-0.25, -0.2) is 0 Å². The summed E-state index contributed by atoms with van der Waals surface area (Å²) in [5.74, 6) is -4.12. The molecule has 0 saturated heterocycles. The molecule has 195 valence electrons. The standard InChI is InChI=1S/C27H36O7.3Y/c1-3-5-18(30)21-14-9-16(23(21)24(32)33)27(11-14)7-6-26(25(27)34)10-13-8-15(26)22(19(31)12-28)20(13)17(29)4-2;;;/h13-16,20-23,28H,3-12H2,1-2H3,(H,32,33);;;/t13?,14?,15-,16-,20+,21+,22-,23+,26?,27-;;;/m1.../s1. The maximum absolute atomic E-state index is 14.4. The van der Waals surface area contributed by atoms with E-state index in [4.69, 9.17) is 0 Å². The van der Waals surface area contributed by atoms with Gasteiger partial charge < -0.3 is 10.2 Å². The summed E-state index contributed by atoms with van der Waals surface area (Å²) in [6.45, 7) is 3.09. The average Bonchev–Trinajstić information content (AvgIpc) is 3.60. The Morgan fingerprint density at radius 1 is 0.784 bits per heavy atom. The molecule has 4 bridgehead atoms. The van der Waals surface area contributed by atoms with Crippen LogP contribution < -0.4 is 0 Å². The number of carbonyl (C=O) groups is 5. The molecule has 0 aromatic carbocycles. The topological polar surface area (TPSA) is 126 Å². The fourth-order valence-electron chi connectivity index (χ4n) is 9.82. The normalized spacial score (nSPS) is 42.4. The summed E-state index contributed by atoms with van der Waals surface area (Å²) in [6, 6.07) is 0. The fraction of sp³-hybridized carbons (Fsp3) is 0.815. The summed E-state index contributed by atoms with van der Waals surface area (Å²) >= 11 is 0. The van der Waals surface area contributed by atoms with Crippen LogP contribution in [0.4, 0.5) is 0 Å². The molecule has 5 rings (SSSR count). The summed E-state index contributed by atoms with van der Waals surface area (Å²) in [5, 5.41) is 19.8. The molecule has 0 aromatic rings. The van der Waals surface area contributed by atoms with Crippen molar-refractivity contribution in [3.8, 4) is 0 Å². The van der Waals surface area contributed by atoms with Crippen LogP contribution in [0.3, 0.4) is 0 Å². The number of carboxylic acids is 1. The minimum atomic E-state index is -0.968. The molecule has 7 nitrogen and oxygen atoms in total. The second kappa shape index (κ2) is 12.7. The van der Waals surface area contributed by atoms with Gasteiger partial charge in [0.05, 0.1) is 5.92 Å². The first-order valence-corrected chi connectivity index (χ1v) is 13.1. The Labute approximate surface area is 294 Å². The SMILES string of the molecule is CCCC(=O)[C@@H]1C2C[C@H]([C@@H]1C(=O)O)[C@@]1(CCC3(CC4C[C@@H]3[C@H](C(=O)CO)[C@@H]4C(=O)CC)C1=O)C2.[Y].[Y].[Y]. The van der Waals surface area contributed by atoms with Crippen LogP contribution in [0.5, 0.6) is 0 Å². The van der Waals surface area contributed by atoms with E-state index >= 15 is 0 Å². The van der Waals surface area contributed by atoms with Crippen molar-refractivity contribution in [1.82, 2.24) is 0 Å². The van der Waals surface area contributed by atoms with Crippen LogP contribution in [0.1, 0.15) is 71.6 Å². The number of ketones is 4. The van der Waals surface area contributed by atoms with Gasteiger partial charge >= 0.3 is 5.97 Å². The molecule has 0 amide bonds. The first-order valence-electron chi connectivity index (χ1n) is 13.1. The molecule has 5 fully saturated rings. The van der Waals surface area contributed by atoms with Crippen LogP contribution in [0.15, 0.2) is 0 Å². The van der Waals surface area contributed by atoms with E-state index in [1.165, 1.54) is 0 Å². The number of carbonyl (C=O) groups excluding carboxylic acids is 4. The molecule has 0 aliphatic heterocycles. The third kappa shape index (κ3) is 4.95. The number of aliphatic carboxylic acids is 1. The van der Waals surface area contributed by atoms with Crippen LogP contribution in [0.2, 0.25) is 0 Å². The quantitative estimate of drug-likeness (QED) is 0.393. The second-order valence-corrected chi connectivity index (χ2v) is 11.9. The van der Waals surface area contributed by atoms with Crippen molar-refractivity contribution in [2.24, 2.45) is 58.2 Å². The van der Waals surface area contributed by atoms with Gasteiger partial charge in [-0.15, -0.1) is 0 Å². The molecule has 5 aliphatic carbocycles. The summed E-state index contributed by atoms with van der Waals surface area (Å²) < 4.78 is 0. The maximum atomic E-state index is 14.4. The van der Waals surface area contributed by atoms with Gasteiger partial charge in [0.2, 0.25) is 0 Å². The van der Waals surface area contributed by atoms with Crippen molar-refractivity contribution in [2.45, 2.75) is 71.6 Å².